The average molecular weight is 278 g/mol. The first kappa shape index (κ1) is 14.4. The van der Waals surface area contributed by atoms with E-state index in [1.807, 2.05) is 11.1 Å². The van der Waals surface area contributed by atoms with E-state index >= 15 is 0 Å². The summed E-state index contributed by atoms with van der Waals surface area (Å²) in [6, 6.07) is 4.41. The van der Waals surface area contributed by atoms with Crippen molar-refractivity contribution < 1.29 is 4.79 Å². The third kappa shape index (κ3) is 3.72. The minimum atomic E-state index is 0.163. The molecule has 0 unspecified atom stereocenters. The van der Waals surface area contributed by atoms with Gasteiger partial charge in [-0.15, -0.1) is 11.8 Å². The normalized spacial score (nSPS) is 19.8. The highest BCUT2D eigenvalue weighted by atomic mass is 32.2. The van der Waals surface area contributed by atoms with E-state index < -0.39 is 0 Å². The van der Waals surface area contributed by atoms with E-state index in [-0.39, 0.29) is 16.7 Å². The number of carbonyl (C=O) groups is 1. The lowest BCUT2D eigenvalue weighted by atomic mass is 10.1. The van der Waals surface area contributed by atoms with Gasteiger partial charge in [-0.2, -0.15) is 0 Å². The zero-order chi connectivity index (χ0) is 14.0. The number of hydrogen-bond donors (Lipinski definition) is 0. The lowest BCUT2D eigenvalue weighted by Crippen LogP contribution is -2.28. The van der Waals surface area contributed by atoms with Crippen molar-refractivity contribution in [3.63, 3.8) is 0 Å². The number of likely N-dealkylation sites (tertiary alicyclic amines) is 1. The molecule has 19 heavy (non-hydrogen) atoms. The summed E-state index contributed by atoms with van der Waals surface area (Å²) in [5.41, 5.74) is 1.16. The van der Waals surface area contributed by atoms with Crippen LogP contribution in [0.2, 0.25) is 0 Å². The van der Waals surface area contributed by atoms with Gasteiger partial charge in [-0.05, 0) is 24.5 Å². The fraction of sp³-hybridized carbons (Fsp3) is 0.600. The maximum absolute atomic E-state index is 11.6. The lowest BCUT2D eigenvalue weighted by molar-refractivity contribution is -0.129. The molecule has 1 aliphatic rings. The van der Waals surface area contributed by atoms with Crippen LogP contribution in [0.25, 0.3) is 0 Å². The van der Waals surface area contributed by atoms with Crippen LogP contribution >= 0.6 is 11.8 Å². The van der Waals surface area contributed by atoms with Crippen molar-refractivity contribution in [2.24, 2.45) is 0 Å². The van der Waals surface area contributed by atoms with Gasteiger partial charge in [0, 0.05) is 24.4 Å². The van der Waals surface area contributed by atoms with Crippen molar-refractivity contribution in [1.82, 2.24) is 9.88 Å². The fourth-order valence-electron chi connectivity index (χ4n) is 2.45. The summed E-state index contributed by atoms with van der Waals surface area (Å²) in [7, 11) is 0. The van der Waals surface area contributed by atoms with Crippen molar-refractivity contribution in [2.75, 3.05) is 6.54 Å². The van der Waals surface area contributed by atoms with Gasteiger partial charge in [0.15, 0.2) is 0 Å². The molecular weight excluding hydrogens is 256 g/mol. The van der Waals surface area contributed by atoms with Crippen LogP contribution < -0.4 is 0 Å². The summed E-state index contributed by atoms with van der Waals surface area (Å²) in [6.07, 6.45) is 4.07. The molecule has 1 atom stereocenters. The molecule has 1 aromatic rings. The average Bonchev–Trinajstić information content (AvgIpc) is 2.76. The Bertz CT molecular complexity index is 450. The molecule has 1 saturated heterocycles. The first-order valence-electron chi connectivity index (χ1n) is 6.79. The number of carbonyl (C=O) groups excluding carboxylic acids is 1. The quantitative estimate of drug-likeness (QED) is 0.774. The summed E-state index contributed by atoms with van der Waals surface area (Å²) in [5, 5.41) is 1.05. The van der Waals surface area contributed by atoms with E-state index in [1.54, 1.807) is 18.7 Å². The highest BCUT2D eigenvalue weighted by Crippen LogP contribution is 2.34. The first-order chi connectivity index (χ1) is 8.87. The van der Waals surface area contributed by atoms with E-state index in [2.05, 4.69) is 37.9 Å². The first-order valence-corrected chi connectivity index (χ1v) is 7.60. The second-order valence-corrected chi connectivity index (χ2v) is 7.86. The molecule has 1 aliphatic heterocycles. The predicted molar refractivity (Wildman–Crippen MR) is 79.2 cm³/mol. The minimum Gasteiger partial charge on any atom is -0.336 e. The van der Waals surface area contributed by atoms with Gasteiger partial charge in [-0.1, -0.05) is 26.8 Å². The number of pyridine rings is 1. The Kier molecular flexibility index (Phi) is 4.19. The van der Waals surface area contributed by atoms with E-state index in [9.17, 15) is 4.79 Å². The van der Waals surface area contributed by atoms with Gasteiger partial charge in [0.2, 0.25) is 5.91 Å². The third-order valence-corrected chi connectivity index (χ3v) is 4.28. The molecule has 0 aliphatic carbocycles. The van der Waals surface area contributed by atoms with E-state index in [0.717, 1.165) is 30.0 Å². The number of hydrogen-bond acceptors (Lipinski definition) is 3. The molecule has 2 heterocycles. The molecule has 1 fully saturated rings. The Morgan fingerprint density at radius 2 is 2.16 bits per heavy atom. The van der Waals surface area contributed by atoms with Crippen molar-refractivity contribution in [1.29, 1.82) is 0 Å². The van der Waals surface area contributed by atoms with Crippen LogP contribution in [0.3, 0.4) is 0 Å². The minimum absolute atomic E-state index is 0.163. The molecule has 4 heteroatoms. The molecule has 2 rings (SSSR count). The van der Waals surface area contributed by atoms with Crippen molar-refractivity contribution in [3.05, 3.63) is 23.9 Å². The molecule has 104 valence electrons. The Hall–Kier alpha value is -1.03. The smallest absolute Gasteiger partial charge is 0.219 e. The Morgan fingerprint density at radius 3 is 2.68 bits per heavy atom. The summed E-state index contributed by atoms with van der Waals surface area (Å²) in [6.45, 7) is 9.07. The zero-order valence-electron chi connectivity index (χ0n) is 12.1. The van der Waals surface area contributed by atoms with Crippen LogP contribution in [0.4, 0.5) is 0 Å². The number of thioether (sulfide) groups is 1. The Labute approximate surface area is 119 Å². The fourth-order valence-corrected chi connectivity index (χ4v) is 3.32. The number of nitrogens with zero attached hydrogens (tertiary/aromatic N) is 2. The standard InChI is InChI=1S/C15H22N2OS/c1-11(18)17-9-5-6-13(17)12-7-8-14(16-10-12)19-15(2,3)4/h7-8,10,13H,5-6,9H2,1-4H3/t13-/m0/s1. The van der Waals surface area contributed by atoms with Crippen molar-refractivity contribution >= 4 is 17.7 Å². The predicted octanol–water partition coefficient (Wildman–Crippen LogP) is 3.66. The van der Waals surface area contributed by atoms with Gasteiger partial charge in [0.1, 0.15) is 0 Å². The van der Waals surface area contributed by atoms with E-state index in [0.29, 0.717) is 0 Å². The maximum Gasteiger partial charge on any atom is 0.219 e. The second kappa shape index (κ2) is 5.53. The highest BCUT2D eigenvalue weighted by Gasteiger charge is 2.28. The third-order valence-electron chi connectivity index (χ3n) is 3.21. The lowest BCUT2D eigenvalue weighted by Gasteiger charge is -2.23. The SMILES string of the molecule is CC(=O)N1CCC[C@H]1c1ccc(SC(C)(C)C)nc1. The summed E-state index contributed by atoms with van der Waals surface area (Å²) in [4.78, 5) is 18.1. The summed E-state index contributed by atoms with van der Waals surface area (Å²) < 4.78 is 0.174. The number of aromatic nitrogens is 1. The summed E-state index contributed by atoms with van der Waals surface area (Å²) >= 11 is 1.77. The monoisotopic (exact) mass is 278 g/mol. The Balaban J connectivity index is 2.12. The van der Waals surface area contributed by atoms with E-state index in [1.165, 1.54) is 0 Å². The summed E-state index contributed by atoms with van der Waals surface area (Å²) in [5.74, 6) is 0.163. The maximum atomic E-state index is 11.6. The largest absolute Gasteiger partial charge is 0.336 e. The van der Waals surface area contributed by atoms with Crippen LogP contribution in [0.1, 0.15) is 52.1 Å². The molecule has 1 amide bonds. The molecule has 0 radical (unpaired) electrons. The van der Waals surface area contributed by atoms with Gasteiger partial charge in [-0.3, -0.25) is 4.79 Å². The van der Waals surface area contributed by atoms with Gasteiger partial charge in [0.05, 0.1) is 11.1 Å². The van der Waals surface area contributed by atoms with Crippen molar-refractivity contribution in [3.8, 4) is 0 Å². The highest BCUT2D eigenvalue weighted by molar-refractivity contribution is 8.00. The van der Waals surface area contributed by atoms with Gasteiger partial charge in [0.25, 0.3) is 0 Å². The second-order valence-electron chi connectivity index (χ2n) is 6.01. The van der Waals surface area contributed by atoms with Gasteiger partial charge in [-0.25, -0.2) is 4.98 Å². The van der Waals surface area contributed by atoms with Crippen molar-refractivity contribution in [2.45, 2.75) is 56.4 Å². The van der Waals surface area contributed by atoms with E-state index in [4.69, 9.17) is 0 Å². The topological polar surface area (TPSA) is 33.2 Å². The van der Waals surface area contributed by atoms with Crippen LogP contribution in [-0.2, 0) is 4.79 Å². The molecule has 0 N–H and O–H groups in total. The zero-order valence-corrected chi connectivity index (χ0v) is 13.0. The molecule has 0 spiro atoms. The van der Waals surface area contributed by atoms with Gasteiger partial charge >= 0.3 is 0 Å². The van der Waals surface area contributed by atoms with Gasteiger partial charge < -0.3 is 4.90 Å². The molecule has 0 aromatic carbocycles. The molecule has 0 saturated carbocycles. The van der Waals surface area contributed by atoms with Crippen LogP contribution in [0.15, 0.2) is 23.4 Å². The molecule has 0 bridgehead atoms. The number of amides is 1. The molecular formula is C15H22N2OS. The molecule has 1 aromatic heterocycles. The van der Waals surface area contributed by atoms with Crippen LogP contribution in [-0.4, -0.2) is 27.1 Å². The number of rotatable bonds is 2. The van der Waals surface area contributed by atoms with Crippen LogP contribution in [0.5, 0.6) is 0 Å². The van der Waals surface area contributed by atoms with Crippen LogP contribution in [0, 0.1) is 0 Å². The Morgan fingerprint density at radius 1 is 1.42 bits per heavy atom. The molecule has 3 nitrogen and oxygen atoms in total.